The van der Waals surface area contributed by atoms with Gasteiger partial charge in [-0.05, 0) is 19.9 Å². The van der Waals surface area contributed by atoms with Crippen molar-refractivity contribution >= 4 is 5.91 Å². The number of hydrogen-bond acceptors (Lipinski definition) is 2. The summed E-state index contributed by atoms with van der Waals surface area (Å²) in [5, 5.41) is 2.75. The first-order chi connectivity index (χ1) is 5.20. The fourth-order valence-electron chi connectivity index (χ4n) is 0.739. The molecular formula is C8H11NO2. The van der Waals surface area contributed by atoms with E-state index >= 15 is 0 Å². The van der Waals surface area contributed by atoms with E-state index in [0.717, 1.165) is 0 Å². The predicted octanol–water partition coefficient (Wildman–Crippen LogP) is 1.42. The van der Waals surface area contributed by atoms with E-state index in [1.807, 2.05) is 13.8 Å². The largest absolute Gasteiger partial charge is 0.472 e. The third-order valence-corrected chi connectivity index (χ3v) is 1.20. The molecule has 0 aliphatic heterocycles. The molecule has 0 bridgehead atoms. The highest BCUT2D eigenvalue weighted by Gasteiger charge is 2.06. The van der Waals surface area contributed by atoms with Crippen molar-refractivity contribution in [3.63, 3.8) is 0 Å². The fourth-order valence-corrected chi connectivity index (χ4v) is 0.739. The molecule has 0 aliphatic rings. The van der Waals surface area contributed by atoms with E-state index < -0.39 is 0 Å². The Morgan fingerprint density at radius 3 is 2.82 bits per heavy atom. The molecule has 3 heteroatoms. The van der Waals surface area contributed by atoms with Crippen molar-refractivity contribution in [1.29, 1.82) is 0 Å². The average molecular weight is 153 g/mol. The van der Waals surface area contributed by atoms with Crippen LogP contribution in [0.15, 0.2) is 23.0 Å². The van der Waals surface area contributed by atoms with Gasteiger partial charge in [-0.15, -0.1) is 0 Å². The molecule has 0 saturated carbocycles. The van der Waals surface area contributed by atoms with Crippen LogP contribution in [-0.4, -0.2) is 11.9 Å². The van der Waals surface area contributed by atoms with Gasteiger partial charge in [-0.1, -0.05) is 0 Å². The molecule has 1 amide bonds. The summed E-state index contributed by atoms with van der Waals surface area (Å²) in [5.41, 5.74) is 0.568. The minimum absolute atomic E-state index is 0.0891. The average Bonchev–Trinajstić information content (AvgIpc) is 2.35. The Balaban J connectivity index is 2.57. The lowest BCUT2D eigenvalue weighted by atomic mass is 10.3. The fraction of sp³-hybridized carbons (Fsp3) is 0.375. The lowest BCUT2D eigenvalue weighted by Gasteiger charge is -2.05. The Kier molecular flexibility index (Phi) is 2.31. The topological polar surface area (TPSA) is 42.2 Å². The van der Waals surface area contributed by atoms with E-state index in [0.29, 0.717) is 5.56 Å². The summed E-state index contributed by atoms with van der Waals surface area (Å²) in [5.74, 6) is -0.0891. The van der Waals surface area contributed by atoms with E-state index in [2.05, 4.69) is 5.32 Å². The van der Waals surface area contributed by atoms with Crippen molar-refractivity contribution in [2.24, 2.45) is 0 Å². The normalized spacial score (nSPS) is 10.1. The second kappa shape index (κ2) is 3.23. The van der Waals surface area contributed by atoms with Gasteiger partial charge < -0.3 is 9.73 Å². The summed E-state index contributed by atoms with van der Waals surface area (Å²) < 4.78 is 4.76. The van der Waals surface area contributed by atoms with Gasteiger partial charge in [-0.2, -0.15) is 0 Å². The summed E-state index contributed by atoms with van der Waals surface area (Å²) in [6, 6.07) is 1.80. The monoisotopic (exact) mass is 153 g/mol. The van der Waals surface area contributed by atoms with Crippen molar-refractivity contribution in [3.05, 3.63) is 24.2 Å². The van der Waals surface area contributed by atoms with Crippen molar-refractivity contribution < 1.29 is 9.21 Å². The minimum Gasteiger partial charge on any atom is -0.472 e. The molecule has 1 heterocycles. The molecule has 0 fully saturated rings. The summed E-state index contributed by atoms with van der Waals surface area (Å²) in [7, 11) is 0. The molecule has 0 radical (unpaired) electrons. The zero-order valence-corrected chi connectivity index (χ0v) is 6.63. The van der Waals surface area contributed by atoms with Crippen molar-refractivity contribution in [2.45, 2.75) is 19.9 Å². The summed E-state index contributed by atoms with van der Waals surface area (Å²) in [4.78, 5) is 11.1. The predicted molar refractivity (Wildman–Crippen MR) is 41.3 cm³/mol. The van der Waals surface area contributed by atoms with Gasteiger partial charge in [0.05, 0.1) is 11.8 Å². The molecule has 0 unspecified atom stereocenters. The maximum absolute atomic E-state index is 11.1. The zero-order chi connectivity index (χ0) is 8.27. The van der Waals surface area contributed by atoms with Crippen LogP contribution in [0.25, 0.3) is 0 Å². The van der Waals surface area contributed by atoms with Crippen LogP contribution in [0.1, 0.15) is 24.2 Å². The first-order valence-corrected chi connectivity index (χ1v) is 3.53. The highest BCUT2D eigenvalue weighted by Crippen LogP contribution is 1.99. The maximum Gasteiger partial charge on any atom is 0.254 e. The molecular weight excluding hydrogens is 142 g/mol. The van der Waals surface area contributed by atoms with Crippen LogP contribution < -0.4 is 5.32 Å². The third-order valence-electron chi connectivity index (χ3n) is 1.20. The Morgan fingerprint density at radius 1 is 1.64 bits per heavy atom. The van der Waals surface area contributed by atoms with E-state index in [1.165, 1.54) is 12.5 Å². The van der Waals surface area contributed by atoms with Gasteiger partial charge in [0.2, 0.25) is 0 Å². The number of nitrogens with one attached hydrogen (secondary N) is 1. The quantitative estimate of drug-likeness (QED) is 0.698. The maximum atomic E-state index is 11.1. The van der Waals surface area contributed by atoms with Crippen molar-refractivity contribution in [2.75, 3.05) is 0 Å². The highest BCUT2D eigenvalue weighted by atomic mass is 16.3. The van der Waals surface area contributed by atoms with Crippen LogP contribution in [-0.2, 0) is 0 Å². The van der Waals surface area contributed by atoms with E-state index in [1.54, 1.807) is 6.07 Å². The van der Waals surface area contributed by atoms with Crippen LogP contribution in [0.3, 0.4) is 0 Å². The second-order valence-electron chi connectivity index (χ2n) is 2.64. The molecule has 1 N–H and O–H groups in total. The number of hydrogen-bond donors (Lipinski definition) is 1. The van der Waals surface area contributed by atoms with Gasteiger partial charge in [0.25, 0.3) is 5.91 Å². The molecule has 11 heavy (non-hydrogen) atoms. The number of furan rings is 1. The second-order valence-corrected chi connectivity index (χ2v) is 2.64. The van der Waals surface area contributed by atoms with Crippen molar-refractivity contribution in [1.82, 2.24) is 5.32 Å². The molecule has 1 rings (SSSR count). The smallest absolute Gasteiger partial charge is 0.254 e. The van der Waals surface area contributed by atoms with E-state index in [-0.39, 0.29) is 11.9 Å². The van der Waals surface area contributed by atoms with Gasteiger partial charge in [0, 0.05) is 6.04 Å². The SMILES string of the molecule is CC(C)NC(=O)c1ccoc1. The molecule has 0 saturated heterocycles. The number of carbonyl (C=O) groups excluding carboxylic acids is 1. The number of amides is 1. The lowest BCUT2D eigenvalue weighted by molar-refractivity contribution is 0.0942. The van der Waals surface area contributed by atoms with Crippen molar-refractivity contribution in [3.8, 4) is 0 Å². The van der Waals surface area contributed by atoms with Crippen LogP contribution in [0.4, 0.5) is 0 Å². The summed E-state index contributed by atoms with van der Waals surface area (Å²) >= 11 is 0. The molecule has 0 aliphatic carbocycles. The lowest BCUT2D eigenvalue weighted by Crippen LogP contribution is -2.29. The Bertz CT molecular complexity index is 226. The number of carbonyl (C=O) groups is 1. The zero-order valence-electron chi connectivity index (χ0n) is 6.63. The van der Waals surface area contributed by atoms with Crippen LogP contribution in [0.2, 0.25) is 0 Å². The van der Waals surface area contributed by atoms with Crippen LogP contribution in [0.5, 0.6) is 0 Å². The molecule has 1 aromatic heterocycles. The first kappa shape index (κ1) is 7.85. The van der Waals surface area contributed by atoms with Gasteiger partial charge in [0.15, 0.2) is 0 Å². The van der Waals surface area contributed by atoms with Crippen LogP contribution >= 0.6 is 0 Å². The Hall–Kier alpha value is -1.25. The van der Waals surface area contributed by atoms with Crippen LogP contribution in [0, 0.1) is 0 Å². The van der Waals surface area contributed by atoms with E-state index in [4.69, 9.17) is 4.42 Å². The molecule has 60 valence electrons. The van der Waals surface area contributed by atoms with Gasteiger partial charge >= 0.3 is 0 Å². The summed E-state index contributed by atoms with van der Waals surface area (Å²) in [6.45, 7) is 3.83. The van der Waals surface area contributed by atoms with Gasteiger partial charge in [-0.3, -0.25) is 4.79 Å². The molecule has 0 atom stereocenters. The molecule has 1 aromatic rings. The molecule has 0 aromatic carbocycles. The Morgan fingerprint density at radius 2 is 2.36 bits per heavy atom. The van der Waals surface area contributed by atoms with E-state index in [9.17, 15) is 4.79 Å². The molecule has 3 nitrogen and oxygen atoms in total. The molecule has 0 spiro atoms. The number of rotatable bonds is 2. The third kappa shape index (κ3) is 2.11. The first-order valence-electron chi connectivity index (χ1n) is 3.53. The Labute approximate surface area is 65.4 Å². The van der Waals surface area contributed by atoms with Gasteiger partial charge in [-0.25, -0.2) is 0 Å². The minimum atomic E-state index is -0.0891. The van der Waals surface area contributed by atoms with Gasteiger partial charge in [0.1, 0.15) is 6.26 Å². The highest BCUT2D eigenvalue weighted by molar-refractivity contribution is 5.93. The summed E-state index contributed by atoms with van der Waals surface area (Å²) in [6.07, 6.45) is 2.91. The standard InChI is InChI=1S/C8H11NO2/c1-6(2)9-8(10)7-3-4-11-5-7/h3-6H,1-2H3,(H,9,10).